The third kappa shape index (κ3) is 3.35. The van der Waals surface area contributed by atoms with Crippen LogP contribution < -0.4 is 0 Å². The standard InChI is InChI=1S/C31H19N3O/c1-3-10-20(11-4-1)29-32-30(21-12-5-2-6-13-21)34-31(33-29)24-16-9-17-26-28(24)25-18-22-14-7-8-15-23(22)19-27(25)35-26/h1-19H/i1D,3D,4D,10D,11D. The number of benzene rings is 5. The maximum Gasteiger partial charge on any atom is 0.164 e. The summed E-state index contributed by atoms with van der Waals surface area (Å²) in [6, 6.07) is 25.0. The first-order chi connectivity index (χ1) is 19.4. The minimum absolute atomic E-state index is 0.00361. The van der Waals surface area contributed by atoms with Crippen molar-refractivity contribution in [2.24, 2.45) is 0 Å². The van der Waals surface area contributed by atoms with Crippen LogP contribution in [-0.2, 0) is 0 Å². The van der Waals surface area contributed by atoms with Gasteiger partial charge in [-0.2, -0.15) is 0 Å². The highest BCUT2D eigenvalue weighted by Crippen LogP contribution is 2.38. The monoisotopic (exact) mass is 454 g/mol. The topological polar surface area (TPSA) is 51.8 Å². The molecule has 5 aromatic carbocycles. The summed E-state index contributed by atoms with van der Waals surface area (Å²) in [4.78, 5) is 14.1. The Hall–Kier alpha value is -4.83. The van der Waals surface area contributed by atoms with Crippen LogP contribution in [0.3, 0.4) is 0 Å². The molecule has 0 amide bonds. The molecule has 164 valence electrons. The molecule has 0 aliphatic carbocycles. The third-order valence-electron chi connectivity index (χ3n) is 6.00. The van der Waals surface area contributed by atoms with E-state index in [1.165, 1.54) is 0 Å². The summed E-state index contributed by atoms with van der Waals surface area (Å²) < 4.78 is 47.6. The average molecular weight is 455 g/mol. The zero-order chi connectivity index (χ0) is 27.5. The predicted molar refractivity (Wildman–Crippen MR) is 141 cm³/mol. The minimum Gasteiger partial charge on any atom is -0.456 e. The van der Waals surface area contributed by atoms with E-state index in [2.05, 4.69) is 11.1 Å². The number of hydrogen-bond donors (Lipinski definition) is 0. The lowest BCUT2D eigenvalue weighted by Crippen LogP contribution is -2.00. The van der Waals surface area contributed by atoms with Crippen molar-refractivity contribution in [3.8, 4) is 34.2 Å². The van der Waals surface area contributed by atoms with Gasteiger partial charge in [-0.3, -0.25) is 0 Å². The Morgan fingerprint density at radius 2 is 1.26 bits per heavy atom. The molecule has 0 saturated heterocycles. The van der Waals surface area contributed by atoms with Gasteiger partial charge in [0.2, 0.25) is 0 Å². The van der Waals surface area contributed by atoms with E-state index in [1.807, 2.05) is 78.9 Å². The molecule has 7 aromatic rings. The van der Waals surface area contributed by atoms with Crippen LogP contribution in [0.4, 0.5) is 0 Å². The summed E-state index contributed by atoms with van der Waals surface area (Å²) >= 11 is 0. The Kier molecular flexibility index (Phi) is 3.41. The molecule has 2 aromatic heterocycles. The van der Waals surface area contributed by atoms with Gasteiger partial charge >= 0.3 is 0 Å². The summed E-state index contributed by atoms with van der Waals surface area (Å²) in [6.07, 6.45) is 0. The fraction of sp³-hybridized carbons (Fsp3) is 0. The van der Waals surface area contributed by atoms with Crippen LogP contribution in [0.15, 0.2) is 120 Å². The van der Waals surface area contributed by atoms with E-state index in [9.17, 15) is 0 Å². The van der Waals surface area contributed by atoms with E-state index < -0.39 is 18.1 Å². The van der Waals surface area contributed by atoms with Crippen molar-refractivity contribution >= 4 is 32.7 Å². The van der Waals surface area contributed by atoms with Gasteiger partial charge in [0.15, 0.2) is 17.5 Å². The highest BCUT2D eigenvalue weighted by Gasteiger charge is 2.18. The second kappa shape index (κ2) is 7.89. The highest BCUT2D eigenvalue weighted by atomic mass is 16.3. The number of furan rings is 1. The first-order valence-corrected chi connectivity index (χ1v) is 11.1. The number of rotatable bonds is 3. The normalized spacial score (nSPS) is 13.4. The van der Waals surface area contributed by atoms with Gasteiger partial charge in [-0.25, -0.2) is 15.0 Å². The molecule has 4 nitrogen and oxygen atoms in total. The van der Waals surface area contributed by atoms with Gasteiger partial charge in [-0.05, 0) is 29.0 Å². The summed E-state index contributed by atoms with van der Waals surface area (Å²) in [6.45, 7) is 0. The lowest BCUT2D eigenvalue weighted by atomic mass is 10.0. The molecule has 0 N–H and O–H groups in total. The molecule has 0 saturated carbocycles. The second-order valence-corrected chi connectivity index (χ2v) is 8.15. The van der Waals surface area contributed by atoms with Gasteiger partial charge in [-0.1, -0.05) is 96.9 Å². The number of hydrogen-bond acceptors (Lipinski definition) is 4. The van der Waals surface area contributed by atoms with Gasteiger partial charge in [0, 0.05) is 27.5 Å². The molecular weight excluding hydrogens is 430 g/mol. The van der Waals surface area contributed by atoms with Crippen molar-refractivity contribution in [1.82, 2.24) is 15.0 Å². The van der Waals surface area contributed by atoms with E-state index in [0.717, 1.165) is 27.1 Å². The van der Waals surface area contributed by atoms with Crippen LogP contribution in [0.25, 0.3) is 66.9 Å². The maximum absolute atomic E-state index is 8.53. The van der Waals surface area contributed by atoms with Crippen molar-refractivity contribution in [3.05, 3.63) is 115 Å². The smallest absolute Gasteiger partial charge is 0.164 e. The highest BCUT2D eigenvalue weighted by molar-refractivity contribution is 6.15. The molecular formula is C31H19N3O. The summed E-state index contributed by atoms with van der Waals surface area (Å²) in [5, 5.41) is 3.84. The van der Waals surface area contributed by atoms with Gasteiger partial charge < -0.3 is 4.42 Å². The number of fused-ring (bicyclic) bond motifs is 4. The van der Waals surface area contributed by atoms with E-state index in [4.69, 9.17) is 21.2 Å². The van der Waals surface area contributed by atoms with Gasteiger partial charge in [0.05, 0.1) is 6.85 Å². The maximum atomic E-state index is 8.53. The van der Waals surface area contributed by atoms with Crippen LogP contribution in [0, 0.1) is 0 Å². The molecule has 0 spiro atoms. The zero-order valence-electron chi connectivity index (χ0n) is 23.3. The SMILES string of the molecule is [2H]c1c([2H])c([2H])c(-c2nc(-c3ccccc3)nc(-c3cccc4oc5cc6ccccc6cc5c34)n2)c([2H])c1[2H]. The summed E-state index contributed by atoms with van der Waals surface area (Å²) in [5.41, 5.74) is 2.69. The van der Waals surface area contributed by atoms with Gasteiger partial charge in [-0.15, -0.1) is 0 Å². The zero-order valence-corrected chi connectivity index (χ0v) is 18.3. The van der Waals surface area contributed by atoms with Crippen LogP contribution >= 0.6 is 0 Å². The molecule has 7 rings (SSSR count). The van der Waals surface area contributed by atoms with Crippen molar-refractivity contribution < 1.29 is 11.3 Å². The lowest BCUT2D eigenvalue weighted by Gasteiger charge is -2.09. The van der Waals surface area contributed by atoms with Gasteiger partial charge in [0.1, 0.15) is 11.2 Å². The molecule has 0 unspecified atom stereocenters. The molecule has 0 radical (unpaired) electrons. The fourth-order valence-electron chi connectivity index (χ4n) is 4.38. The average Bonchev–Trinajstić information content (AvgIpc) is 3.35. The van der Waals surface area contributed by atoms with Crippen molar-refractivity contribution in [2.45, 2.75) is 0 Å². The summed E-state index contributed by atoms with van der Waals surface area (Å²) in [5.74, 6) is 0.621. The van der Waals surface area contributed by atoms with Crippen molar-refractivity contribution in [2.75, 3.05) is 0 Å². The quantitative estimate of drug-likeness (QED) is 0.272. The second-order valence-electron chi connectivity index (χ2n) is 8.15. The lowest BCUT2D eigenvalue weighted by molar-refractivity contribution is 0.669. The molecule has 0 bridgehead atoms. The van der Waals surface area contributed by atoms with Crippen LogP contribution in [0.5, 0.6) is 0 Å². The molecule has 35 heavy (non-hydrogen) atoms. The van der Waals surface area contributed by atoms with E-state index in [1.54, 1.807) is 0 Å². The van der Waals surface area contributed by atoms with Crippen molar-refractivity contribution in [1.29, 1.82) is 0 Å². The van der Waals surface area contributed by atoms with Crippen molar-refractivity contribution in [3.63, 3.8) is 0 Å². The Morgan fingerprint density at radius 1 is 0.571 bits per heavy atom. The Balaban J connectivity index is 1.56. The largest absolute Gasteiger partial charge is 0.456 e. The van der Waals surface area contributed by atoms with E-state index >= 15 is 0 Å². The first-order valence-electron chi connectivity index (χ1n) is 13.6. The van der Waals surface area contributed by atoms with Crippen LogP contribution in [0.1, 0.15) is 6.85 Å². The molecule has 4 heteroatoms. The fourth-order valence-corrected chi connectivity index (χ4v) is 4.38. The molecule has 0 aliphatic rings. The molecule has 0 aliphatic heterocycles. The molecule has 0 atom stereocenters. The van der Waals surface area contributed by atoms with Gasteiger partial charge in [0.25, 0.3) is 0 Å². The number of nitrogens with zero attached hydrogens (tertiary/aromatic N) is 3. The number of aromatic nitrogens is 3. The Labute approximate surface area is 208 Å². The third-order valence-corrected chi connectivity index (χ3v) is 6.00. The Morgan fingerprint density at radius 3 is 2.06 bits per heavy atom. The van der Waals surface area contributed by atoms with E-state index in [-0.39, 0.29) is 23.5 Å². The van der Waals surface area contributed by atoms with E-state index in [0.29, 0.717) is 28.4 Å². The Bertz CT molecular complexity index is 2100. The molecule has 0 fully saturated rings. The predicted octanol–water partition coefficient (Wildman–Crippen LogP) is 7.93. The van der Waals surface area contributed by atoms with Crippen LogP contribution in [-0.4, -0.2) is 15.0 Å². The molecule has 2 heterocycles. The first kappa shape index (κ1) is 15.1. The minimum atomic E-state index is -0.474. The summed E-state index contributed by atoms with van der Waals surface area (Å²) in [7, 11) is 0. The van der Waals surface area contributed by atoms with Crippen LogP contribution in [0.2, 0.25) is 0 Å².